The van der Waals surface area contributed by atoms with E-state index >= 15 is 0 Å². The van der Waals surface area contributed by atoms with Crippen molar-refractivity contribution in [1.29, 1.82) is 0 Å². The smallest absolute Gasteiger partial charge is 0.157 e. The molecular formula is C13H19N5O. The van der Waals surface area contributed by atoms with Crippen molar-refractivity contribution in [3.05, 3.63) is 24.0 Å². The van der Waals surface area contributed by atoms with Gasteiger partial charge in [0.05, 0.1) is 19.4 Å². The van der Waals surface area contributed by atoms with Gasteiger partial charge in [-0.2, -0.15) is 9.61 Å². The zero-order valence-electron chi connectivity index (χ0n) is 11.2. The lowest BCUT2D eigenvalue weighted by atomic mass is 10.4. The number of anilines is 1. The van der Waals surface area contributed by atoms with E-state index < -0.39 is 0 Å². The molecule has 0 aliphatic carbocycles. The Bertz CT molecular complexity index is 547. The van der Waals surface area contributed by atoms with E-state index in [1.807, 2.05) is 23.6 Å². The Morgan fingerprint density at radius 3 is 3.05 bits per heavy atom. The first-order valence-corrected chi connectivity index (χ1v) is 6.68. The molecule has 1 aliphatic rings. The van der Waals surface area contributed by atoms with Crippen molar-refractivity contribution in [2.75, 3.05) is 44.7 Å². The van der Waals surface area contributed by atoms with Crippen LogP contribution in [0.3, 0.4) is 0 Å². The van der Waals surface area contributed by atoms with Gasteiger partial charge < -0.3 is 10.1 Å². The maximum atomic E-state index is 5.34. The van der Waals surface area contributed by atoms with Gasteiger partial charge in [0.15, 0.2) is 5.65 Å². The van der Waals surface area contributed by atoms with Crippen LogP contribution in [0, 0.1) is 6.92 Å². The summed E-state index contributed by atoms with van der Waals surface area (Å²) in [6, 6.07) is 3.94. The first kappa shape index (κ1) is 12.4. The predicted molar refractivity (Wildman–Crippen MR) is 73.5 cm³/mol. The molecule has 3 heterocycles. The van der Waals surface area contributed by atoms with E-state index in [0.717, 1.165) is 56.6 Å². The Balaban J connectivity index is 1.63. The number of ether oxygens (including phenoxy) is 1. The summed E-state index contributed by atoms with van der Waals surface area (Å²) in [5.74, 6) is 1.00. The van der Waals surface area contributed by atoms with Crippen LogP contribution < -0.4 is 5.32 Å². The van der Waals surface area contributed by atoms with E-state index in [1.165, 1.54) is 0 Å². The van der Waals surface area contributed by atoms with Crippen LogP contribution in [0.1, 0.15) is 5.69 Å². The number of rotatable bonds is 4. The average Bonchev–Trinajstić information content (AvgIpc) is 2.88. The zero-order chi connectivity index (χ0) is 13.1. The quantitative estimate of drug-likeness (QED) is 0.881. The Morgan fingerprint density at radius 2 is 2.21 bits per heavy atom. The first-order chi connectivity index (χ1) is 9.33. The highest BCUT2D eigenvalue weighted by molar-refractivity contribution is 5.48. The third kappa shape index (κ3) is 2.85. The first-order valence-electron chi connectivity index (χ1n) is 6.68. The third-order valence-corrected chi connectivity index (χ3v) is 3.33. The summed E-state index contributed by atoms with van der Waals surface area (Å²) in [7, 11) is 0. The molecule has 1 aliphatic heterocycles. The molecule has 0 amide bonds. The van der Waals surface area contributed by atoms with Gasteiger partial charge in [-0.15, -0.1) is 0 Å². The molecule has 0 spiro atoms. The minimum Gasteiger partial charge on any atom is -0.379 e. The summed E-state index contributed by atoms with van der Waals surface area (Å²) in [6.07, 6.45) is 1.77. The lowest BCUT2D eigenvalue weighted by Crippen LogP contribution is -2.39. The van der Waals surface area contributed by atoms with E-state index in [4.69, 9.17) is 4.74 Å². The highest BCUT2D eigenvalue weighted by Gasteiger charge is 2.10. The molecule has 0 bridgehead atoms. The van der Waals surface area contributed by atoms with Gasteiger partial charge in [-0.1, -0.05) is 0 Å². The highest BCUT2D eigenvalue weighted by atomic mass is 16.5. The summed E-state index contributed by atoms with van der Waals surface area (Å²) in [5.41, 5.74) is 1.88. The molecule has 0 radical (unpaired) electrons. The fourth-order valence-corrected chi connectivity index (χ4v) is 2.33. The van der Waals surface area contributed by atoms with Crippen molar-refractivity contribution >= 4 is 11.5 Å². The van der Waals surface area contributed by atoms with Crippen molar-refractivity contribution in [1.82, 2.24) is 19.5 Å². The van der Waals surface area contributed by atoms with Crippen LogP contribution >= 0.6 is 0 Å². The topological polar surface area (TPSA) is 54.7 Å². The Labute approximate surface area is 112 Å². The molecule has 6 heteroatoms. The molecule has 102 valence electrons. The summed E-state index contributed by atoms with van der Waals surface area (Å²) in [5, 5.41) is 7.72. The Morgan fingerprint density at radius 1 is 1.37 bits per heavy atom. The normalized spacial score (nSPS) is 16.9. The average molecular weight is 261 g/mol. The number of fused-ring (bicyclic) bond motifs is 1. The predicted octanol–water partition coefficient (Wildman–Crippen LogP) is 0.782. The summed E-state index contributed by atoms with van der Waals surface area (Å²) >= 11 is 0. The molecule has 2 aromatic heterocycles. The lowest BCUT2D eigenvalue weighted by Gasteiger charge is -2.26. The van der Waals surface area contributed by atoms with Crippen molar-refractivity contribution in [3.63, 3.8) is 0 Å². The van der Waals surface area contributed by atoms with Gasteiger partial charge in [0.25, 0.3) is 0 Å². The van der Waals surface area contributed by atoms with Gasteiger partial charge in [0.2, 0.25) is 0 Å². The molecule has 0 atom stereocenters. The van der Waals surface area contributed by atoms with Gasteiger partial charge in [-0.3, -0.25) is 4.90 Å². The van der Waals surface area contributed by atoms with Crippen molar-refractivity contribution in [2.45, 2.75) is 6.92 Å². The minimum atomic E-state index is 0.845. The van der Waals surface area contributed by atoms with Gasteiger partial charge in [-0.25, -0.2) is 4.98 Å². The second-order valence-electron chi connectivity index (χ2n) is 4.76. The molecule has 0 saturated carbocycles. The number of hydrogen-bond acceptors (Lipinski definition) is 5. The van der Waals surface area contributed by atoms with E-state index in [0.29, 0.717) is 0 Å². The van der Waals surface area contributed by atoms with E-state index in [2.05, 4.69) is 20.3 Å². The van der Waals surface area contributed by atoms with E-state index in [9.17, 15) is 0 Å². The number of aromatic nitrogens is 3. The molecule has 1 fully saturated rings. The summed E-state index contributed by atoms with van der Waals surface area (Å²) in [4.78, 5) is 6.84. The molecule has 1 saturated heterocycles. The monoisotopic (exact) mass is 261 g/mol. The van der Waals surface area contributed by atoms with Crippen molar-refractivity contribution in [3.8, 4) is 0 Å². The maximum absolute atomic E-state index is 5.34. The fourth-order valence-electron chi connectivity index (χ4n) is 2.33. The second-order valence-corrected chi connectivity index (χ2v) is 4.76. The van der Waals surface area contributed by atoms with Crippen LogP contribution in [0.25, 0.3) is 5.65 Å². The number of morpholine rings is 1. The third-order valence-electron chi connectivity index (χ3n) is 3.33. The molecule has 19 heavy (non-hydrogen) atoms. The van der Waals surface area contributed by atoms with Gasteiger partial charge in [0.1, 0.15) is 5.82 Å². The number of hydrogen-bond donors (Lipinski definition) is 1. The molecule has 1 N–H and O–H groups in total. The number of nitrogens with one attached hydrogen (secondary N) is 1. The number of nitrogens with zero attached hydrogens (tertiary/aromatic N) is 4. The van der Waals surface area contributed by atoms with Crippen LogP contribution in [-0.4, -0.2) is 58.9 Å². The Hall–Kier alpha value is -1.66. The summed E-state index contributed by atoms with van der Waals surface area (Å²) in [6.45, 7) is 7.66. The van der Waals surface area contributed by atoms with Gasteiger partial charge in [-0.05, 0) is 6.92 Å². The zero-order valence-corrected chi connectivity index (χ0v) is 11.2. The molecule has 3 rings (SSSR count). The minimum absolute atomic E-state index is 0.845. The van der Waals surface area contributed by atoms with Crippen LogP contribution in [0.4, 0.5) is 5.82 Å². The van der Waals surface area contributed by atoms with Crippen LogP contribution in [0.5, 0.6) is 0 Å². The van der Waals surface area contributed by atoms with Gasteiger partial charge in [0, 0.05) is 44.0 Å². The van der Waals surface area contributed by atoms with Crippen molar-refractivity contribution in [2.24, 2.45) is 0 Å². The van der Waals surface area contributed by atoms with Crippen LogP contribution in [-0.2, 0) is 4.74 Å². The largest absolute Gasteiger partial charge is 0.379 e. The SMILES string of the molecule is Cc1cc(NCCN2CCOCC2)n2nccc2n1. The van der Waals surface area contributed by atoms with E-state index in [-0.39, 0.29) is 0 Å². The highest BCUT2D eigenvalue weighted by Crippen LogP contribution is 2.11. The van der Waals surface area contributed by atoms with Crippen LogP contribution in [0.2, 0.25) is 0 Å². The van der Waals surface area contributed by atoms with Crippen LogP contribution in [0.15, 0.2) is 18.3 Å². The maximum Gasteiger partial charge on any atom is 0.157 e. The second kappa shape index (κ2) is 5.54. The standard InChI is InChI=1S/C13H19N5O/c1-11-10-13(18-12(16-11)2-3-15-18)14-4-5-17-6-8-19-9-7-17/h2-3,10,14H,4-9H2,1H3. The molecule has 0 unspecified atom stereocenters. The Kier molecular flexibility index (Phi) is 3.61. The van der Waals surface area contributed by atoms with Gasteiger partial charge >= 0.3 is 0 Å². The number of aryl methyl sites for hydroxylation is 1. The molecule has 2 aromatic rings. The summed E-state index contributed by atoms with van der Waals surface area (Å²) < 4.78 is 7.18. The van der Waals surface area contributed by atoms with E-state index in [1.54, 1.807) is 6.20 Å². The lowest BCUT2D eigenvalue weighted by molar-refractivity contribution is 0.0398. The molecule has 6 nitrogen and oxygen atoms in total. The fraction of sp³-hybridized carbons (Fsp3) is 0.538. The molecular weight excluding hydrogens is 242 g/mol. The molecule has 0 aromatic carbocycles. The van der Waals surface area contributed by atoms with Crippen molar-refractivity contribution < 1.29 is 4.74 Å².